The number of sulfonamides is 1. The molecule has 2 aliphatic heterocycles. The summed E-state index contributed by atoms with van der Waals surface area (Å²) in [5.74, 6) is -1.06. The third-order valence-corrected chi connectivity index (χ3v) is 7.02. The van der Waals surface area contributed by atoms with Gasteiger partial charge in [-0.2, -0.15) is 4.31 Å². The number of rotatable bonds is 4. The number of carboxylic acids is 1. The van der Waals surface area contributed by atoms with Gasteiger partial charge in [-0.05, 0) is 57.8 Å². The highest BCUT2D eigenvalue weighted by Gasteiger charge is 2.42. The molecule has 0 bridgehead atoms. The van der Waals surface area contributed by atoms with Crippen LogP contribution in [0.2, 0.25) is 0 Å². The quantitative estimate of drug-likeness (QED) is 0.892. The molecule has 0 aliphatic carbocycles. The van der Waals surface area contributed by atoms with Crippen LogP contribution in [0.4, 0.5) is 0 Å². The van der Waals surface area contributed by atoms with Crippen molar-refractivity contribution in [2.24, 2.45) is 0 Å². The molecule has 2 fully saturated rings. The Morgan fingerprint density at radius 1 is 1.12 bits per heavy atom. The third-order valence-electron chi connectivity index (χ3n) is 5.10. The average molecular weight is 352 g/mol. The van der Waals surface area contributed by atoms with Crippen molar-refractivity contribution in [3.8, 4) is 0 Å². The van der Waals surface area contributed by atoms with Gasteiger partial charge >= 0.3 is 5.97 Å². The average Bonchev–Trinajstić information content (AvgIpc) is 3.09. The van der Waals surface area contributed by atoms with E-state index >= 15 is 0 Å². The maximum Gasteiger partial charge on any atom is 0.322 e. The van der Waals surface area contributed by atoms with Gasteiger partial charge < -0.3 is 10.0 Å². The van der Waals surface area contributed by atoms with Gasteiger partial charge in [0.2, 0.25) is 10.0 Å². The number of piperidine rings is 1. The van der Waals surface area contributed by atoms with Gasteiger partial charge in [0.25, 0.3) is 0 Å². The Morgan fingerprint density at radius 3 is 2.33 bits per heavy atom. The predicted octanol–water partition coefficient (Wildman–Crippen LogP) is 1.70. The summed E-state index contributed by atoms with van der Waals surface area (Å²) >= 11 is 0. The Kier molecular flexibility index (Phi) is 4.94. The highest BCUT2D eigenvalue weighted by Crippen LogP contribution is 2.29. The summed E-state index contributed by atoms with van der Waals surface area (Å²) in [6.07, 6.45) is 3.33. The summed E-state index contributed by atoms with van der Waals surface area (Å²) in [5.41, 5.74) is 0.969. The predicted molar refractivity (Wildman–Crippen MR) is 90.3 cm³/mol. The van der Waals surface area contributed by atoms with Crippen LogP contribution in [-0.4, -0.2) is 60.4 Å². The number of aliphatic carboxylic acids is 1. The molecule has 132 valence electrons. The van der Waals surface area contributed by atoms with Crippen LogP contribution >= 0.6 is 0 Å². The van der Waals surface area contributed by atoms with Crippen molar-refractivity contribution in [3.05, 3.63) is 29.8 Å². The second kappa shape index (κ2) is 6.82. The maximum atomic E-state index is 12.9. The first-order valence-electron chi connectivity index (χ1n) is 8.45. The number of benzene rings is 1. The van der Waals surface area contributed by atoms with Crippen molar-refractivity contribution in [2.45, 2.75) is 49.6 Å². The third kappa shape index (κ3) is 3.34. The highest BCUT2D eigenvalue weighted by atomic mass is 32.2. The number of nitrogens with zero attached hydrogens (tertiary/aromatic N) is 2. The highest BCUT2D eigenvalue weighted by molar-refractivity contribution is 7.89. The molecular weight excluding hydrogens is 328 g/mol. The standard InChI is InChI=1S/C17H24N2O4S/c1-13-4-6-15(7-5-13)24(22,23)19-11-8-14(12-16(19)17(20)21)18-9-2-3-10-18/h4-7,14,16H,2-3,8-12H2,1H3,(H,20,21)/t14-,16+/m1/s1. The van der Waals surface area contributed by atoms with Crippen LogP contribution in [0, 0.1) is 6.92 Å². The minimum atomic E-state index is -3.79. The van der Waals surface area contributed by atoms with Crippen LogP contribution in [0.5, 0.6) is 0 Å². The molecule has 0 amide bonds. The Hall–Kier alpha value is -1.44. The zero-order valence-electron chi connectivity index (χ0n) is 13.9. The number of hydrogen-bond donors (Lipinski definition) is 1. The zero-order chi connectivity index (χ0) is 17.3. The lowest BCUT2D eigenvalue weighted by Crippen LogP contribution is -2.54. The summed E-state index contributed by atoms with van der Waals surface area (Å²) in [6.45, 7) is 4.12. The van der Waals surface area contributed by atoms with Crippen LogP contribution in [0.1, 0.15) is 31.2 Å². The Bertz CT molecular complexity index is 696. The van der Waals surface area contributed by atoms with E-state index in [0.29, 0.717) is 12.8 Å². The van der Waals surface area contributed by atoms with Gasteiger partial charge in [0.1, 0.15) is 6.04 Å². The molecule has 1 aromatic rings. The summed E-state index contributed by atoms with van der Waals surface area (Å²) in [5, 5.41) is 9.60. The van der Waals surface area contributed by atoms with Crippen LogP contribution in [0.25, 0.3) is 0 Å². The van der Waals surface area contributed by atoms with Crippen molar-refractivity contribution >= 4 is 16.0 Å². The van der Waals surface area contributed by atoms with Crippen LogP contribution in [0.3, 0.4) is 0 Å². The molecular formula is C17H24N2O4S. The van der Waals surface area contributed by atoms with Crippen molar-refractivity contribution in [3.63, 3.8) is 0 Å². The fourth-order valence-electron chi connectivity index (χ4n) is 3.72. The summed E-state index contributed by atoms with van der Waals surface area (Å²) in [7, 11) is -3.79. The lowest BCUT2D eigenvalue weighted by Gasteiger charge is -2.39. The summed E-state index contributed by atoms with van der Waals surface area (Å²) in [4.78, 5) is 14.2. The fourth-order valence-corrected chi connectivity index (χ4v) is 5.33. The van der Waals surface area contributed by atoms with Gasteiger partial charge in [0.05, 0.1) is 4.90 Å². The SMILES string of the molecule is Cc1ccc(S(=O)(=O)N2CC[C@@H](N3CCCC3)C[C@H]2C(=O)O)cc1. The van der Waals surface area contributed by atoms with Gasteiger partial charge in [-0.25, -0.2) is 8.42 Å². The smallest absolute Gasteiger partial charge is 0.322 e. The van der Waals surface area contributed by atoms with Gasteiger partial charge in [-0.3, -0.25) is 4.79 Å². The van der Waals surface area contributed by atoms with Crippen LogP contribution in [0.15, 0.2) is 29.2 Å². The molecule has 0 unspecified atom stereocenters. The van der Waals surface area contributed by atoms with E-state index in [9.17, 15) is 18.3 Å². The van der Waals surface area contributed by atoms with Gasteiger partial charge in [0.15, 0.2) is 0 Å². The number of aryl methyl sites for hydroxylation is 1. The van der Waals surface area contributed by atoms with E-state index in [2.05, 4.69) is 4.90 Å². The monoisotopic (exact) mass is 352 g/mol. The van der Waals surface area contributed by atoms with Crippen molar-refractivity contribution in [1.29, 1.82) is 0 Å². The first-order valence-corrected chi connectivity index (χ1v) is 9.89. The van der Waals surface area contributed by atoms with Crippen molar-refractivity contribution < 1.29 is 18.3 Å². The number of carbonyl (C=O) groups is 1. The number of hydrogen-bond acceptors (Lipinski definition) is 4. The molecule has 0 aromatic heterocycles. The van der Waals surface area contributed by atoms with Crippen molar-refractivity contribution in [2.75, 3.05) is 19.6 Å². The number of carboxylic acid groups (broad SMARTS) is 1. The van der Waals surface area contributed by atoms with Gasteiger partial charge in [-0.15, -0.1) is 0 Å². The molecule has 6 nitrogen and oxygen atoms in total. The molecule has 2 heterocycles. The largest absolute Gasteiger partial charge is 0.480 e. The number of likely N-dealkylation sites (tertiary alicyclic amines) is 1. The molecule has 0 radical (unpaired) electrons. The van der Waals surface area contributed by atoms with E-state index in [4.69, 9.17) is 0 Å². The normalized spacial score (nSPS) is 26.5. The molecule has 0 spiro atoms. The first kappa shape index (κ1) is 17.4. The molecule has 1 N–H and O–H groups in total. The van der Waals surface area contributed by atoms with Crippen LogP contribution < -0.4 is 0 Å². The molecule has 2 atom stereocenters. The molecule has 24 heavy (non-hydrogen) atoms. The van der Waals surface area contributed by atoms with Crippen LogP contribution in [-0.2, 0) is 14.8 Å². The molecule has 2 aliphatic rings. The zero-order valence-corrected chi connectivity index (χ0v) is 14.7. The Labute approximate surface area is 143 Å². The van der Waals surface area contributed by atoms with E-state index in [1.807, 2.05) is 6.92 Å². The molecule has 3 rings (SSSR count). The lowest BCUT2D eigenvalue weighted by atomic mass is 9.98. The van der Waals surface area contributed by atoms with Gasteiger partial charge in [0, 0.05) is 12.6 Å². The maximum absolute atomic E-state index is 12.9. The van der Waals surface area contributed by atoms with Gasteiger partial charge in [-0.1, -0.05) is 17.7 Å². The first-order chi connectivity index (χ1) is 11.4. The molecule has 1 aromatic carbocycles. The van der Waals surface area contributed by atoms with Crippen molar-refractivity contribution in [1.82, 2.24) is 9.21 Å². The minimum absolute atomic E-state index is 0.165. The topological polar surface area (TPSA) is 77.9 Å². The molecule has 7 heteroatoms. The van der Waals surface area contributed by atoms with E-state index in [0.717, 1.165) is 31.5 Å². The molecule has 2 saturated heterocycles. The fraction of sp³-hybridized carbons (Fsp3) is 0.588. The summed E-state index contributed by atoms with van der Waals surface area (Å²) < 4.78 is 27.0. The lowest BCUT2D eigenvalue weighted by molar-refractivity contribution is -0.143. The second-order valence-electron chi connectivity index (χ2n) is 6.70. The Morgan fingerprint density at radius 2 is 1.75 bits per heavy atom. The minimum Gasteiger partial charge on any atom is -0.480 e. The summed E-state index contributed by atoms with van der Waals surface area (Å²) in [6, 6.07) is 5.75. The second-order valence-corrected chi connectivity index (χ2v) is 8.59. The molecule has 0 saturated carbocycles. The Balaban J connectivity index is 1.83. The van der Waals surface area contributed by atoms with E-state index in [-0.39, 0.29) is 17.5 Å². The van der Waals surface area contributed by atoms with E-state index in [1.54, 1.807) is 24.3 Å². The van der Waals surface area contributed by atoms with E-state index < -0.39 is 22.0 Å². The van der Waals surface area contributed by atoms with E-state index in [1.165, 1.54) is 4.31 Å².